The third-order valence-corrected chi connectivity index (χ3v) is 2.60. The first-order valence-electron chi connectivity index (χ1n) is 4.12. The molecule has 0 aromatic rings. The number of hydrogen-bond donors (Lipinski definition) is 1. The van der Waals surface area contributed by atoms with E-state index in [1.165, 1.54) is 6.42 Å². The lowest BCUT2D eigenvalue weighted by Gasteiger charge is -2.35. The van der Waals surface area contributed by atoms with Crippen LogP contribution in [0.15, 0.2) is 0 Å². The van der Waals surface area contributed by atoms with Crippen molar-refractivity contribution < 1.29 is 0 Å². The topological polar surface area (TPSA) is 26.0 Å². The molecule has 0 amide bonds. The fourth-order valence-corrected chi connectivity index (χ4v) is 1.93. The van der Waals surface area contributed by atoms with Crippen LogP contribution in [0.25, 0.3) is 0 Å². The lowest BCUT2D eigenvalue weighted by Crippen LogP contribution is -2.36. The maximum atomic E-state index is 5.86. The van der Waals surface area contributed by atoms with Gasteiger partial charge in [0.2, 0.25) is 0 Å². The highest BCUT2D eigenvalue weighted by molar-refractivity contribution is 6.12. The summed E-state index contributed by atoms with van der Waals surface area (Å²) in [5, 5.41) is 0. The van der Waals surface area contributed by atoms with Crippen LogP contribution in [-0.2, 0) is 0 Å². The van der Waals surface area contributed by atoms with Crippen LogP contribution in [0.2, 0.25) is 5.82 Å². The summed E-state index contributed by atoms with van der Waals surface area (Å²) in [5.74, 6) is 1.61. The van der Waals surface area contributed by atoms with E-state index in [4.69, 9.17) is 13.6 Å². The van der Waals surface area contributed by atoms with Crippen LogP contribution in [0.3, 0.4) is 0 Å². The maximum Gasteiger partial charge on any atom is 0.0724 e. The molecule has 0 aromatic heterocycles. The average Bonchev–Trinajstić information content (AvgIpc) is 1.82. The van der Waals surface area contributed by atoms with E-state index in [1.54, 1.807) is 0 Å². The van der Waals surface area contributed by atoms with Gasteiger partial charge < -0.3 is 5.73 Å². The Kier molecular flexibility index (Phi) is 2.40. The Labute approximate surface area is 64.8 Å². The summed E-state index contributed by atoms with van der Waals surface area (Å²) in [5.41, 5.74) is 5.83. The van der Waals surface area contributed by atoms with Gasteiger partial charge in [0.15, 0.2) is 0 Å². The van der Waals surface area contributed by atoms with Crippen LogP contribution in [-0.4, -0.2) is 13.9 Å². The number of hydrogen-bond acceptors (Lipinski definition) is 1. The van der Waals surface area contributed by atoms with Gasteiger partial charge in [-0.2, -0.15) is 0 Å². The van der Waals surface area contributed by atoms with Crippen LogP contribution >= 0.6 is 0 Å². The molecule has 0 spiro atoms. The molecule has 4 atom stereocenters. The van der Waals surface area contributed by atoms with Gasteiger partial charge in [-0.25, -0.2) is 0 Å². The predicted octanol–water partition coefficient (Wildman–Crippen LogP) is 1.34. The summed E-state index contributed by atoms with van der Waals surface area (Å²) in [4.78, 5) is 0. The van der Waals surface area contributed by atoms with E-state index < -0.39 is 0 Å². The van der Waals surface area contributed by atoms with E-state index in [0.29, 0.717) is 5.92 Å². The summed E-state index contributed by atoms with van der Waals surface area (Å²) in [6, 6.07) is 0.235. The molecule has 0 saturated heterocycles. The first-order valence-corrected chi connectivity index (χ1v) is 4.12. The molecule has 1 saturated carbocycles. The van der Waals surface area contributed by atoms with Gasteiger partial charge in [-0.05, 0) is 30.7 Å². The second-order valence-corrected chi connectivity index (χ2v) is 3.80. The monoisotopic (exact) mass is 137 g/mol. The predicted molar refractivity (Wildman–Crippen MR) is 45.0 cm³/mol. The molecule has 1 rings (SSSR count). The van der Waals surface area contributed by atoms with Gasteiger partial charge >= 0.3 is 0 Å². The van der Waals surface area contributed by atoms with Gasteiger partial charge in [0.05, 0.1) is 7.85 Å². The molecule has 2 N–H and O–H groups in total. The smallest absolute Gasteiger partial charge is 0.0724 e. The molecular weight excluding hydrogens is 121 g/mol. The Balaban J connectivity index is 2.49. The SMILES string of the molecule is [B]C1C(C)CC(C)CC1N. The molecule has 0 bridgehead atoms. The third kappa shape index (κ3) is 1.54. The Morgan fingerprint density at radius 2 is 1.90 bits per heavy atom. The van der Waals surface area contributed by atoms with E-state index in [2.05, 4.69) is 13.8 Å². The normalized spacial score (nSPS) is 49.1. The molecule has 1 aliphatic rings. The van der Waals surface area contributed by atoms with Crippen molar-refractivity contribution in [1.82, 2.24) is 0 Å². The van der Waals surface area contributed by atoms with Gasteiger partial charge in [0.25, 0.3) is 0 Å². The highest BCUT2D eigenvalue weighted by Crippen LogP contribution is 2.34. The zero-order valence-electron chi connectivity index (χ0n) is 6.88. The first-order chi connectivity index (χ1) is 4.61. The average molecular weight is 137 g/mol. The van der Waals surface area contributed by atoms with Crippen LogP contribution in [0.5, 0.6) is 0 Å². The zero-order valence-corrected chi connectivity index (χ0v) is 6.88. The molecule has 56 valence electrons. The van der Waals surface area contributed by atoms with E-state index in [9.17, 15) is 0 Å². The van der Waals surface area contributed by atoms with Crippen molar-refractivity contribution in [3.8, 4) is 0 Å². The minimum absolute atomic E-state index is 0.233. The van der Waals surface area contributed by atoms with Gasteiger partial charge in [-0.1, -0.05) is 19.7 Å². The Morgan fingerprint density at radius 3 is 2.40 bits per heavy atom. The largest absolute Gasteiger partial charge is 0.328 e. The summed E-state index contributed by atoms with van der Waals surface area (Å²) in [7, 11) is 5.86. The van der Waals surface area contributed by atoms with Crippen molar-refractivity contribution in [2.75, 3.05) is 0 Å². The van der Waals surface area contributed by atoms with Crippen molar-refractivity contribution in [2.24, 2.45) is 17.6 Å². The highest BCUT2D eigenvalue weighted by atomic mass is 14.7. The highest BCUT2D eigenvalue weighted by Gasteiger charge is 2.27. The van der Waals surface area contributed by atoms with Crippen LogP contribution in [0.4, 0.5) is 0 Å². The van der Waals surface area contributed by atoms with Crippen LogP contribution < -0.4 is 5.73 Å². The summed E-state index contributed by atoms with van der Waals surface area (Å²) in [6.07, 6.45) is 2.35. The maximum absolute atomic E-state index is 5.86. The summed E-state index contributed by atoms with van der Waals surface area (Å²) in [6.45, 7) is 4.45. The van der Waals surface area contributed by atoms with Crippen LogP contribution in [0.1, 0.15) is 26.7 Å². The molecule has 0 heterocycles. The van der Waals surface area contributed by atoms with Crippen molar-refractivity contribution in [3.63, 3.8) is 0 Å². The summed E-state index contributed by atoms with van der Waals surface area (Å²) >= 11 is 0. The lowest BCUT2D eigenvalue weighted by molar-refractivity contribution is 0.270. The quantitative estimate of drug-likeness (QED) is 0.501. The molecule has 4 unspecified atom stereocenters. The molecule has 1 fully saturated rings. The standard InChI is InChI=1S/C8H16BN/c1-5-3-6(2)8(9)7(10)4-5/h5-8H,3-4,10H2,1-2H3. The van der Waals surface area contributed by atoms with Gasteiger partial charge in [0, 0.05) is 0 Å². The second-order valence-electron chi connectivity index (χ2n) is 3.80. The van der Waals surface area contributed by atoms with Gasteiger partial charge in [-0.3, -0.25) is 0 Å². The fourth-order valence-electron chi connectivity index (χ4n) is 1.93. The third-order valence-electron chi connectivity index (χ3n) is 2.60. The molecule has 0 aliphatic heterocycles. The van der Waals surface area contributed by atoms with E-state index in [1.807, 2.05) is 0 Å². The number of rotatable bonds is 0. The van der Waals surface area contributed by atoms with Gasteiger partial charge in [0.1, 0.15) is 0 Å². The molecule has 2 radical (unpaired) electrons. The van der Waals surface area contributed by atoms with Crippen molar-refractivity contribution in [2.45, 2.75) is 38.5 Å². The zero-order chi connectivity index (χ0) is 7.72. The van der Waals surface area contributed by atoms with Crippen molar-refractivity contribution in [3.05, 3.63) is 0 Å². The van der Waals surface area contributed by atoms with E-state index >= 15 is 0 Å². The minimum atomic E-state index is 0.233. The Hall–Kier alpha value is 0.0249. The van der Waals surface area contributed by atoms with Gasteiger partial charge in [-0.15, -0.1) is 0 Å². The fraction of sp³-hybridized carbons (Fsp3) is 1.00. The molecule has 2 heteroatoms. The molecular formula is C8H16BN. The van der Waals surface area contributed by atoms with Crippen molar-refractivity contribution in [1.29, 1.82) is 0 Å². The first kappa shape index (κ1) is 8.12. The Bertz CT molecular complexity index is 104. The molecule has 1 aliphatic carbocycles. The minimum Gasteiger partial charge on any atom is -0.328 e. The van der Waals surface area contributed by atoms with E-state index in [-0.39, 0.29) is 11.9 Å². The molecule has 0 aromatic carbocycles. The molecule has 10 heavy (non-hydrogen) atoms. The van der Waals surface area contributed by atoms with Crippen molar-refractivity contribution >= 4 is 7.85 Å². The lowest BCUT2D eigenvalue weighted by atomic mass is 9.64. The second kappa shape index (κ2) is 2.95. The van der Waals surface area contributed by atoms with Crippen LogP contribution in [0, 0.1) is 11.8 Å². The summed E-state index contributed by atoms with van der Waals surface area (Å²) < 4.78 is 0. The van der Waals surface area contributed by atoms with E-state index in [0.717, 1.165) is 12.3 Å². The number of nitrogens with two attached hydrogens (primary N) is 1. The Morgan fingerprint density at radius 1 is 1.30 bits per heavy atom. The molecule has 1 nitrogen and oxygen atoms in total.